The number of halogens is 3. The third kappa shape index (κ3) is 4.32. The number of nitrogens with one attached hydrogen (secondary N) is 2. The Morgan fingerprint density at radius 1 is 1.32 bits per heavy atom. The van der Waals surface area contributed by atoms with Crippen LogP contribution < -0.4 is 15.4 Å². The van der Waals surface area contributed by atoms with Gasteiger partial charge in [0.2, 0.25) is 5.91 Å². The molecule has 1 aromatic carbocycles. The van der Waals surface area contributed by atoms with Gasteiger partial charge in [0.25, 0.3) is 5.91 Å². The maximum Gasteiger partial charge on any atom is 0.433 e. The smallest absolute Gasteiger partial charge is 0.433 e. The van der Waals surface area contributed by atoms with E-state index in [2.05, 4.69) is 15.6 Å². The molecule has 31 heavy (non-hydrogen) atoms. The molecule has 3 heterocycles. The lowest BCUT2D eigenvalue weighted by molar-refractivity contribution is -0.141. The van der Waals surface area contributed by atoms with E-state index in [9.17, 15) is 22.8 Å². The highest BCUT2D eigenvalue weighted by molar-refractivity contribution is 6.08. The Morgan fingerprint density at radius 3 is 2.84 bits per heavy atom. The van der Waals surface area contributed by atoms with Gasteiger partial charge in [0, 0.05) is 11.9 Å². The van der Waals surface area contributed by atoms with E-state index in [1.165, 1.54) is 12.1 Å². The summed E-state index contributed by atoms with van der Waals surface area (Å²) in [5.74, 6) is 0.0224. The van der Waals surface area contributed by atoms with E-state index < -0.39 is 23.8 Å². The number of alkyl halides is 3. The molecule has 3 aromatic rings. The lowest BCUT2D eigenvalue weighted by Crippen LogP contribution is -2.40. The Bertz CT molecular complexity index is 1160. The van der Waals surface area contributed by atoms with E-state index in [1.54, 1.807) is 25.1 Å². The van der Waals surface area contributed by atoms with E-state index in [-0.39, 0.29) is 23.8 Å². The molecule has 1 aliphatic rings. The fourth-order valence-electron chi connectivity index (χ4n) is 3.41. The zero-order valence-electron chi connectivity index (χ0n) is 16.4. The van der Waals surface area contributed by atoms with Crippen molar-refractivity contribution in [2.24, 2.45) is 0 Å². The summed E-state index contributed by atoms with van der Waals surface area (Å²) < 4.78 is 49.7. The van der Waals surface area contributed by atoms with Crippen LogP contribution in [0.3, 0.4) is 0 Å². The van der Waals surface area contributed by atoms with E-state index in [0.29, 0.717) is 35.4 Å². The van der Waals surface area contributed by atoms with Crippen molar-refractivity contribution in [3.05, 3.63) is 59.1 Å². The summed E-state index contributed by atoms with van der Waals surface area (Å²) in [5.41, 5.74) is -0.159. The van der Waals surface area contributed by atoms with Crippen LogP contribution in [0.4, 0.5) is 13.2 Å². The van der Waals surface area contributed by atoms with E-state index in [4.69, 9.17) is 9.15 Å². The molecule has 1 saturated heterocycles. The number of pyridine rings is 1. The number of ether oxygens (including phenoxy) is 1. The predicted molar refractivity (Wildman–Crippen MR) is 103 cm³/mol. The second-order valence-corrected chi connectivity index (χ2v) is 7.10. The maximum atomic E-state index is 12.8. The number of hydrogen-bond acceptors (Lipinski definition) is 5. The minimum Gasteiger partial charge on any atom is -0.487 e. The molecule has 0 aliphatic carbocycles. The predicted octanol–water partition coefficient (Wildman–Crippen LogP) is 3.35. The monoisotopic (exact) mass is 433 g/mol. The van der Waals surface area contributed by atoms with Gasteiger partial charge in [-0.05, 0) is 43.7 Å². The summed E-state index contributed by atoms with van der Waals surface area (Å²) in [4.78, 5) is 28.1. The lowest BCUT2D eigenvalue weighted by atomic mass is 10.1. The number of carbonyl (C=O) groups is 2. The van der Waals surface area contributed by atoms with Gasteiger partial charge in [-0.3, -0.25) is 9.59 Å². The molecule has 2 N–H and O–H groups in total. The number of furan rings is 1. The molecule has 10 heteroatoms. The first-order chi connectivity index (χ1) is 14.7. The van der Waals surface area contributed by atoms with Crippen LogP contribution in [0.5, 0.6) is 5.75 Å². The Hall–Kier alpha value is -3.56. The normalized spacial score (nSPS) is 16.4. The average Bonchev–Trinajstić information content (AvgIpc) is 3.27. The zero-order valence-corrected chi connectivity index (χ0v) is 16.4. The van der Waals surface area contributed by atoms with Crippen molar-refractivity contribution in [2.75, 3.05) is 6.54 Å². The van der Waals surface area contributed by atoms with Gasteiger partial charge in [-0.25, -0.2) is 4.98 Å². The number of rotatable bonds is 5. The number of aryl methyl sites for hydroxylation is 1. The lowest BCUT2D eigenvalue weighted by Gasteiger charge is -2.10. The third-order valence-corrected chi connectivity index (χ3v) is 4.90. The van der Waals surface area contributed by atoms with Gasteiger partial charge in [0.15, 0.2) is 0 Å². The topological polar surface area (TPSA) is 93.5 Å². The van der Waals surface area contributed by atoms with Gasteiger partial charge in [0.05, 0.1) is 11.3 Å². The first-order valence-electron chi connectivity index (χ1n) is 9.50. The largest absolute Gasteiger partial charge is 0.487 e. The third-order valence-electron chi connectivity index (χ3n) is 4.90. The van der Waals surface area contributed by atoms with Crippen molar-refractivity contribution in [1.29, 1.82) is 0 Å². The molecule has 0 radical (unpaired) electrons. The van der Waals surface area contributed by atoms with E-state index >= 15 is 0 Å². The van der Waals surface area contributed by atoms with Gasteiger partial charge in [0.1, 0.15) is 35.4 Å². The van der Waals surface area contributed by atoms with Gasteiger partial charge >= 0.3 is 6.18 Å². The Morgan fingerprint density at radius 2 is 2.13 bits per heavy atom. The minimum absolute atomic E-state index is 0.114. The summed E-state index contributed by atoms with van der Waals surface area (Å²) in [5, 5.41) is 5.82. The van der Waals surface area contributed by atoms with E-state index in [1.807, 2.05) is 0 Å². The molecule has 2 aromatic heterocycles. The number of hydrogen-bond donors (Lipinski definition) is 2. The first-order valence-corrected chi connectivity index (χ1v) is 9.50. The van der Waals surface area contributed by atoms with Crippen molar-refractivity contribution < 1.29 is 31.9 Å². The Balaban J connectivity index is 1.54. The highest BCUT2D eigenvalue weighted by atomic mass is 19.4. The number of carbonyl (C=O) groups excluding carboxylic acids is 2. The second-order valence-electron chi connectivity index (χ2n) is 7.10. The SMILES string of the molecule is Cc1oc2ccc(OCc3cccc(C(F)(F)F)n3)cc2c1C(=O)NC1CCNC1=O. The van der Waals surface area contributed by atoms with Crippen LogP contribution >= 0.6 is 0 Å². The summed E-state index contributed by atoms with van der Waals surface area (Å²) in [7, 11) is 0. The fourth-order valence-corrected chi connectivity index (χ4v) is 3.41. The maximum absolute atomic E-state index is 12.8. The number of amides is 2. The molecule has 2 amide bonds. The van der Waals surface area contributed by atoms with Crippen molar-refractivity contribution in [1.82, 2.24) is 15.6 Å². The van der Waals surface area contributed by atoms with Crippen LogP contribution in [0.2, 0.25) is 0 Å². The quantitative estimate of drug-likeness (QED) is 0.644. The molecule has 0 spiro atoms. The van der Waals surface area contributed by atoms with Crippen molar-refractivity contribution >= 4 is 22.8 Å². The molecule has 1 unspecified atom stereocenters. The molecule has 1 atom stereocenters. The molecule has 0 bridgehead atoms. The minimum atomic E-state index is -4.54. The van der Waals surface area contributed by atoms with E-state index in [0.717, 1.165) is 6.07 Å². The molecule has 1 aliphatic heterocycles. The summed E-state index contributed by atoms with van der Waals surface area (Å²) in [6, 6.07) is 7.74. The van der Waals surface area contributed by atoms with Crippen LogP contribution in [-0.2, 0) is 17.6 Å². The molecular weight excluding hydrogens is 415 g/mol. The molecule has 7 nitrogen and oxygen atoms in total. The van der Waals surface area contributed by atoms with Crippen LogP contribution in [0.1, 0.15) is 33.9 Å². The van der Waals surface area contributed by atoms with Crippen LogP contribution in [0.25, 0.3) is 11.0 Å². The van der Waals surface area contributed by atoms with Gasteiger partial charge < -0.3 is 19.8 Å². The van der Waals surface area contributed by atoms with Crippen molar-refractivity contribution in [2.45, 2.75) is 32.2 Å². The Kier molecular flexibility index (Phi) is 5.30. The second kappa shape index (κ2) is 7.93. The molecule has 162 valence electrons. The fraction of sp³-hybridized carbons (Fsp3) is 0.286. The van der Waals surface area contributed by atoms with Gasteiger partial charge in [-0.2, -0.15) is 13.2 Å². The van der Waals surface area contributed by atoms with Crippen LogP contribution in [0.15, 0.2) is 40.8 Å². The zero-order chi connectivity index (χ0) is 22.2. The van der Waals surface area contributed by atoms with Crippen molar-refractivity contribution in [3.8, 4) is 5.75 Å². The van der Waals surface area contributed by atoms with Gasteiger partial charge in [-0.15, -0.1) is 0 Å². The molecule has 0 saturated carbocycles. The number of benzene rings is 1. The number of fused-ring (bicyclic) bond motifs is 1. The van der Waals surface area contributed by atoms with Crippen LogP contribution in [0, 0.1) is 6.92 Å². The average molecular weight is 433 g/mol. The summed E-state index contributed by atoms with van der Waals surface area (Å²) >= 11 is 0. The molecular formula is C21H18F3N3O4. The summed E-state index contributed by atoms with van der Waals surface area (Å²) in [6.45, 7) is 1.95. The standard InChI is InChI=1S/C21H18F3N3O4/c1-11-18(20(29)27-15-7-8-25-19(15)28)14-9-13(5-6-16(14)31-11)30-10-12-3-2-4-17(26-12)21(22,23)24/h2-6,9,15H,7-8,10H2,1H3,(H,25,28)(H,27,29). The number of nitrogens with zero attached hydrogens (tertiary/aromatic N) is 1. The number of aromatic nitrogens is 1. The highest BCUT2D eigenvalue weighted by Crippen LogP contribution is 2.30. The first kappa shape index (κ1) is 20.7. The Labute approximate surface area is 174 Å². The van der Waals surface area contributed by atoms with Gasteiger partial charge in [-0.1, -0.05) is 6.07 Å². The molecule has 1 fully saturated rings. The highest BCUT2D eigenvalue weighted by Gasteiger charge is 2.32. The molecule has 4 rings (SSSR count). The summed E-state index contributed by atoms with van der Waals surface area (Å²) in [6.07, 6.45) is -4.04. The van der Waals surface area contributed by atoms with Crippen LogP contribution in [-0.4, -0.2) is 29.4 Å². The van der Waals surface area contributed by atoms with Crippen molar-refractivity contribution in [3.63, 3.8) is 0 Å².